The van der Waals surface area contributed by atoms with Crippen molar-refractivity contribution < 1.29 is 14.3 Å². The molecule has 0 bridgehead atoms. The van der Waals surface area contributed by atoms with E-state index in [1.807, 2.05) is 19.0 Å². The summed E-state index contributed by atoms with van der Waals surface area (Å²) >= 11 is 0. The highest BCUT2D eigenvalue weighted by Gasteiger charge is 2.45. The summed E-state index contributed by atoms with van der Waals surface area (Å²) in [5.41, 5.74) is 0. The molecule has 5 nitrogen and oxygen atoms in total. The van der Waals surface area contributed by atoms with Gasteiger partial charge in [0, 0.05) is 26.6 Å². The molecule has 2 rings (SSSR count). The van der Waals surface area contributed by atoms with E-state index in [-0.39, 0.29) is 24.2 Å². The molecule has 18 heavy (non-hydrogen) atoms. The lowest BCUT2D eigenvalue weighted by molar-refractivity contribution is -0.132. The highest BCUT2D eigenvalue weighted by molar-refractivity contribution is 5.74. The Hall–Kier alpha value is -0.650. The molecule has 2 fully saturated rings. The highest BCUT2D eigenvalue weighted by Crippen LogP contribution is 2.30. The lowest BCUT2D eigenvalue weighted by atomic mass is 10.0. The normalized spacial score (nSPS) is 31.8. The molecule has 0 aromatic carbocycles. The van der Waals surface area contributed by atoms with Gasteiger partial charge in [-0.15, -0.1) is 0 Å². The summed E-state index contributed by atoms with van der Waals surface area (Å²) in [7, 11) is 4.06. The first-order valence-electron chi connectivity index (χ1n) is 6.74. The van der Waals surface area contributed by atoms with Crippen LogP contribution in [0.1, 0.15) is 19.8 Å². The highest BCUT2D eigenvalue weighted by atomic mass is 16.5. The fourth-order valence-electron chi connectivity index (χ4n) is 2.80. The van der Waals surface area contributed by atoms with Gasteiger partial charge in [0.2, 0.25) is 5.91 Å². The van der Waals surface area contributed by atoms with Crippen molar-refractivity contribution in [1.82, 2.24) is 9.80 Å². The topological polar surface area (TPSA) is 42.0 Å². The summed E-state index contributed by atoms with van der Waals surface area (Å²) in [6.07, 6.45) is 2.19. The average Bonchev–Trinajstić information content (AvgIpc) is 2.68. The number of nitrogens with zero attached hydrogens (tertiary/aromatic N) is 2. The first kappa shape index (κ1) is 13.8. The molecule has 3 atom stereocenters. The van der Waals surface area contributed by atoms with E-state index in [1.165, 1.54) is 0 Å². The van der Waals surface area contributed by atoms with Crippen LogP contribution in [0.2, 0.25) is 0 Å². The summed E-state index contributed by atoms with van der Waals surface area (Å²) < 4.78 is 11.7. The number of rotatable bonds is 4. The van der Waals surface area contributed by atoms with E-state index < -0.39 is 0 Å². The number of likely N-dealkylation sites (N-methyl/N-ethyl adjacent to an activating group) is 1. The molecule has 0 unspecified atom stereocenters. The van der Waals surface area contributed by atoms with Gasteiger partial charge in [-0.2, -0.15) is 0 Å². The molecule has 0 aromatic heterocycles. The van der Waals surface area contributed by atoms with Crippen LogP contribution >= 0.6 is 0 Å². The van der Waals surface area contributed by atoms with Crippen molar-refractivity contribution in [2.45, 2.75) is 38.0 Å². The van der Waals surface area contributed by atoms with E-state index >= 15 is 0 Å². The molecule has 2 saturated heterocycles. The number of carbonyl (C=O) groups excluding carboxylic acids is 1. The summed E-state index contributed by atoms with van der Waals surface area (Å²) in [5, 5.41) is 0. The van der Waals surface area contributed by atoms with Gasteiger partial charge >= 0.3 is 0 Å². The van der Waals surface area contributed by atoms with Crippen LogP contribution in [0, 0.1) is 0 Å². The first-order chi connectivity index (χ1) is 8.59. The van der Waals surface area contributed by atoms with Gasteiger partial charge in [-0.1, -0.05) is 0 Å². The summed E-state index contributed by atoms with van der Waals surface area (Å²) in [6.45, 7) is 4.69. The summed E-state index contributed by atoms with van der Waals surface area (Å²) in [5.74, 6) is 0.134. The second-order valence-electron chi connectivity index (χ2n) is 5.43. The molecule has 0 radical (unpaired) electrons. The van der Waals surface area contributed by atoms with Crippen molar-refractivity contribution in [3.63, 3.8) is 0 Å². The molecule has 5 heteroatoms. The standard InChI is InChI=1S/C13H24N2O3/c1-10(16)15-9-12(17-8-6-14(2)3)13-11(15)5-4-7-18-13/h11-13H,4-9H2,1-3H3/t11-,12+,13+/m1/s1. The third kappa shape index (κ3) is 3.02. The van der Waals surface area contributed by atoms with Gasteiger partial charge in [0.1, 0.15) is 12.2 Å². The van der Waals surface area contributed by atoms with Gasteiger partial charge in [0.25, 0.3) is 0 Å². The minimum Gasteiger partial charge on any atom is -0.373 e. The first-order valence-corrected chi connectivity index (χ1v) is 6.74. The molecule has 0 saturated carbocycles. The molecule has 0 aromatic rings. The van der Waals surface area contributed by atoms with E-state index in [1.54, 1.807) is 6.92 Å². The Morgan fingerprint density at radius 2 is 2.28 bits per heavy atom. The van der Waals surface area contributed by atoms with E-state index in [0.717, 1.165) is 26.0 Å². The van der Waals surface area contributed by atoms with Crippen LogP contribution in [-0.2, 0) is 14.3 Å². The second kappa shape index (κ2) is 5.99. The molecule has 2 aliphatic rings. The third-order valence-electron chi connectivity index (χ3n) is 3.75. The largest absolute Gasteiger partial charge is 0.373 e. The maximum Gasteiger partial charge on any atom is 0.219 e. The quantitative estimate of drug-likeness (QED) is 0.727. The smallest absolute Gasteiger partial charge is 0.219 e. The zero-order chi connectivity index (χ0) is 13.1. The Bertz CT molecular complexity index is 296. The molecule has 2 heterocycles. The maximum atomic E-state index is 11.6. The molecule has 0 N–H and O–H groups in total. The van der Waals surface area contributed by atoms with Crippen molar-refractivity contribution in [2.24, 2.45) is 0 Å². The van der Waals surface area contributed by atoms with Gasteiger partial charge in [0.05, 0.1) is 12.6 Å². The molecular formula is C13H24N2O3. The summed E-state index contributed by atoms with van der Waals surface area (Å²) in [6, 6.07) is 0.223. The number of ether oxygens (including phenoxy) is 2. The molecule has 2 aliphatic heterocycles. The number of likely N-dealkylation sites (tertiary alicyclic amines) is 1. The SMILES string of the molecule is CC(=O)N1C[C@H](OCCN(C)C)[C@H]2OCCC[C@H]21. The zero-order valence-corrected chi connectivity index (χ0v) is 11.6. The minimum atomic E-state index is 0.0409. The van der Waals surface area contributed by atoms with Crippen LogP contribution in [0.15, 0.2) is 0 Å². The summed E-state index contributed by atoms with van der Waals surface area (Å²) in [4.78, 5) is 15.7. The zero-order valence-electron chi connectivity index (χ0n) is 11.6. The van der Waals surface area contributed by atoms with Gasteiger partial charge in [-0.25, -0.2) is 0 Å². The van der Waals surface area contributed by atoms with E-state index in [9.17, 15) is 4.79 Å². The fourth-order valence-corrected chi connectivity index (χ4v) is 2.80. The lowest BCUT2D eigenvalue weighted by Crippen LogP contribution is -2.43. The Morgan fingerprint density at radius 3 is 2.94 bits per heavy atom. The van der Waals surface area contributed by atoms with Crippen molar-refractivity contribution in [3.8, 4) is 0 Å². The number of hydrogen-bond donors (Lipinski definition) is 0. The van der Waals surface area contributed by atoms with Crippen molar-refractivity contribution in [2.75, 3.05) is 40.4 Å². The predicted octanol–water partition coefficient (Wildman–Crippen LogP) is 0.343. The van der Waals surface area contributed by atoms with Crippen molar-refractivity contribution in [1.29, 1.82) is 0 Å². The average molecular weight is 256 g/mol. The minimum absolute atomic E-state index is 0.0409. The van der Waals surface area contributed by atoms with Crippen LogP contribution < -0.4 is 0 Å². The van der Waals surface area contributed by atoms with Crippen LogP contribution in [0.4, 0.5) is 0 Å². The van der Waals surface area contributed by atoms with E-state index in [0.29, 0.717) is 13.2 Å². The van der Waals surface area contributed by atoms with Gasteiger partial charge in [0.15, 0.2) is 0 Å². The molecule has 1 amide bonds. The third-order valence-corrected chi connectivity index (χ3v) is 3.75. The number of carbonyl (C=O) groups is 1. The predicted molar refractivity (Wildman–Crippen MR) is 68.4 cm³/mol. The van der Waals surface area contributed by atoms with Crippen LogP contribution in [0.5, 0.6) is 0 Å². The van der Waals surface area contributed by atoms with Gasteiger partial charge in [-0.05, 0) is 26.9 Å². The molecule has 0 spiro atoms. The number of hydrogen-bond acceptors (Lipinski definition) is 4. The van der Waals surface area contributed by atoms with Gasteiger partial charge < -0.3 is 19.3 Å². The van der Waals surface area contributed by atoms with Gasteiger partial charge in [-0.3, -0.25) is 4.79 Å². The lowest BCUT2D eigenvalue weighted by Gasteiger charge is -2.31. The van der Waals surface area contributed by atoms with E-state index in [4.69, 9.17) is 9.47 Å². The molecular weight excluding hydrogens is 232 g/mol. The second-order valence-corrected chi connectivity index (χ2v) is 5.43. The fraction of sp³-hybridized carbons (Fsp3) is 0.923. The molecule has 0 aliphatic carbocycles. The molecule has 104 valence electrons. The van der Waals surface area contributed by atoms with Crippen molar-refractivity contribution >= 4 is 5.91 Å². The number of fused-ring (bicyclic) bond motifs is 1. The van der Waals surface area contributed by atoms with Crippen LogP contribution in [0.3, 0.4) is 0 Å². The number of amides is 1. The maximum absolute atomic E-state index is 11.6. The van der Waals surface area contributed by atoms with Crippen LogP contribution in [0.25, 0.3) is 0 Å². The monoisotopic (exact) mass is 256 g/mol. The Morgan fingerprint density at radius 1 is 1.50 bits per heavy atom. The van der Waals surface area contributed by atoms with Crippen LogP contribution in [-0.4, -0.2) is 74.4 Å². The Balaban J connectivity index is 1.92. The van der Waals surface area contributed by atoms with Crippen molar-refractivity contribution in [3.05, 3.63) is 0 Å². The van der Waals surface area contributed by atoms with E-state index in [2.05, 4.69) is 4.90 Å². The Labute approximate surface area is 109 Å². The Kier molecular flexibility index (Phi) is 4.59.